The van der Waals surface area contributed by atoms with Crippen LogP contribution in [0.3, 0.4) is 0 Å². The molecule has 3 rings (SSSR count). The molecule has 0 spiro atoms. The van der Waals surface area contributed by atoms with Crippen LogP contribution in [0.5, 0.6) is 0 Å². The van der Waals surface area contributed by atoms with Gasteiger partial charge < -0.3 is 15.4 Å². The van der Waals surface area contributed by atoms with Crippen molar-refractivity contribution in [2.24, 2.45) is 5.92 Å². The molecule has 0 bridgehead atoms. The zero-order valence-corrected chi connectivity index (χ0v) is 17.4. The van der Waals surface area contributed by atoms with Gasteiger partial charge in [-0.1, -0.05) is 44.2 Å². The van der Waals surface area contributed by atoms with Crippen molar-refractivity contribution in [3.8, 4) is 0 Å². The summed E-state index contributed by atoms with van der Waals surface area (Å²) in [6.07, 6.45) is 4.62. The standard InChI is InChI=1S/C22H30N4O3/c1-15(2)12-19(25-22(28)29-3)21(27)24-18-10-7-11-20-17(18)13-23-26(20)14-16-8-5-4-6-9-16/h4-6,8-9,13,15,18-19H,7,10-12,14H2,1-3H3,(H,24,27)(H,25,28). The minimum absolute atomic E-state index is 0.0927. The van der Waals surface area contributed by atoms with Gasteiger partial charge in [-0.2, -0.15) is 5.10 Å². The summed E-state index contributed by atoms with van der Waals surface area (Å²) in [5.41, 5.74) is 3.44. The molecule has 2 atom stereocenters. The van der Waals surface area contributed by atoms with Crippen molar-refractivity contribution in [1.29, 1.82) is 0 Å². The summed E-state index contributed by atoms with van der Waals surface area (Å²) in [6.45, 7) is 4.76. The fourth-order valence-corrected chi connectivity index (χ4v) is 3.84. The summed E-state index contributed by atoms with van der Waals surface area (Å²) >= 11 is 0. The third-order valence-corrected chi connectivity index (χ3v) is 5.26. The van der Waals surface area contributed by atoms with Crippen LogP contribution in [0.25, 0.3) is 0 Å². The lowest BCUT2D eigenvalue weighted by atomic mass is 9.92. The van der Waals surface area contributed by atoms with E-state index in [-0.39, 0.29) is 17.9 Å². The molecule has 1 aromatic carbocycles. The van der Waals surface area contributed by atoms with Crippen molar-refractivity contribution in [3.63, 3.8) is 0 Å². The number of carbonyl (C=O) groups is 2. The molecule has 1 heterocycles. The summed E-state index contributed by atoms with van der Waals surface area (Å²) in [7, 11) is 1.30. The Bertz CT molecular complexity index is 832. The average molecular weight is 399 g/mol. The number of nitrogens with one attached hydrogen (secondary N) is 2. The zero-order chi connectivity index (χ0) is 20.8. The lowest BCUT2D eigenvalue weighted by Gasteiger charge is -2.27. The van der Waals surface area contributed by atoms with Crippen LogP contribution < -0.4 is 10.6 Å². The number of amides is 2. The molecule has 0 radical (unpaired) electrons. The van der Waals surface area contributed by atoms with E-state index in [4.69, 9.17) is 0 Å². The van der Waals surface area contributed by atoms with Crippen molar-refractivity contribution in [1.82, 2.24) is 20.4 Å². The number of fused-ring (bicyclic) bond motifs is 1. The zero-order valence-electron chi connectivity index (χ0n) is 17.4. The highest BCUT2D eigenvalue weighted by Gasteiger charge is 2.29. The van der Waals surface area contributed by atoms with Crippen molar-refractivity contribution in [2.75, 3.05) is 7.11 Å². The molecule has 7 nitrogen and oxygen atoms in total. The molecule has 0 saturated carbocycles. The number of hydrogen-bond acceptors (Lipinski definition) is 4. The molecular weight excluding hydrogens is 368 g/mol. The molecule has 0 fully saturated rings. The van der Waals surface area contributed by atoms with Gasteiger partial charge in [0.2, 0.25) is 5.91 Å². The topological polar surface area (TPSA) is 85.2 Å². The minimum Gasteiger partial charge on any atom is -0.453 e. The monoisotopic (exact) mass is 398 g/mol. The van der Waals surface area contributed by atoms with Crippen LogP contribution in [0.4, 0.5) is 4.79 Å². The normalized spacial score (nSPS) is 16.8. The first-order valence-corrected chi connectivity index (χ1v) is 10.2. The average Bonchev–Trinajstić information content (AvgIpc) is 3.11. The lowest BCUT2D eigenvalue weighted by Crippen LogP contribution is -2.48. The van der Waals surface area contributed by atoms with Gasteiger partial charge in [-0.05, 0) is 37.2 Å². The van der Waals surface area contributed by atoms with Gasteiger partial charge in [-0.3, -0.25) is 9.48 Å². The van der Waals surface area contributed by atoms with E-state index in [1.54, 1.807) is 0 Å². The van der Waals surface area contributed by atoms with Gasteiger partial charge >= 0.3 is 6.09 Å². The predicted molar refractivity (Wildman–Crippen MR) is 110 cm³/mol. The third kappa shape index (κ3) is 5.37. The van der Waals surface area contributed by atoms with Crippen molar-refractivity contribution < 1.29 is 14.3 Å². The van der Waals surface area contributed by atoms with E-state index in [9.17, 15) is 9.59 Å². The van der Waals surface area contributed by atoms with Crippen molar-refractivity contribution in [3.05, 3.63) is 53.3 Å². The Morgan fingerprint density at radius 1 is 1.28 bits per heavy atom. The maximum atomic E-state index is 12.9. The van der Waals surface area contributed by atoms with Gasteiger partial charge in [0.1, 0.15) is 6.04 Å². The smallest absolute Gasteiger partial charge is 0.407 e. The molecule has 2 N–H and O–H groups in total. The first kappa shape index (κ1) is 20.9. The predicted octanol–water partition coefficient (Wildman–Crippen LogP) is 3.20. The minimum atomic E-state index is -0.618. The van der Waals surface area contributed by atoms with Crippen LogP contribution >= 0.6 is 0 Å². The second kappa shape index (κ2) is 9.58. The van der Waals surface area contributed by atoms with Crippen LogP contribution in [0.15, 0.2) is 36.5 Å². The van der Waals surface area contributed by atoms with E-state index in [1.807, 2.05) is 42.9 Å². The quantitative estimate of drug-likeness (QED) is 0.750. The van der Waals surface area contributed by atoms with Gasteiger partial charge in [-0.25, -0.2) is 4.79 Å². The van der Waals surface area contributed by atoms with E-state index in [2.05, 4.69) is 32.6 Å². The number of alkyl carbamates (subject to hydrolysis) is 1. The number of hydrogen-bond donors (Lipinski definition) is 2. The number of ether oxygens (including phenoxy) is 1. The van der Waals surface area contributed by atoms with E-state index >= 15 is 0 Å². The number of rotatable bonds is 7. The maximum absolute atomic E-state index is 12.9. The lowest BCUT2D eigenvalue weighted by molar-refractivity contribution is -0.124. The highest BCUT2D eigenvalue weighted by atomic mass is 16.5. The van der Waals surface area contributed by atoms with E-state index in [0.717, 1.165) is 31.4 Å². The second-order valence-electron chi connectivity index (χ2n) is 7.96. The largest absolute Gasteiger partial charge is 0.453 e. The Kier molecular flexibility index (Phi) is 6.90. The summed E-state index contributed by atoms with van der Waals surface area (Å²) in [5, 5.41) is 10.4. The van der Waals surface area contributed by atoms with Crippen LogP contribution in [0.2, 0.25) is 0 Å². The Labute approximate surface area is 171 Å². The molecular formula is C22H30N4O3. The molecule has 0 aliphatic heterocycles. The number of benzene rings is 1. The van der Waals surface area contributed by atoms with Crippen LogP contribution in [-0.4, -0.2) is 34.9 Å². The Morgan fingerprint density at radius 2 is 2.03 bits per heavy atom. The molecule has 1 aromatic heterocycles. The van der Waals surface area contributed by atoms with Crippen LogP contribution in [0, 0.1) is 5.92 Å². The Morgan fingerprint density at radius 3 is 2.72 bits per heavy atom. The van der Waals surface area contributed by atoms with Crippen LogP contribution in [-0.2, 0) is 22.5 Å². The highest BCUT2D eigenvalue weighted by Crippen LogP contribution is 2.30. The van der Waals surface area contributed by atoms with Gasteiger partial charge in [0.25, 0.3) is 0 Å². The summed E-state index contributed by atoms with van der Waals surface area (Å²) in [4.78, 5) is 24.5. The van der Waals surface area contributed by atoms with Gasteiger partial charge in [-0.15, -0.1) is 0 Å². The molecule has 1 aliphatic carbocycles. The highest BCUT2D eigenvalue weighted by molar-refractivity contribution is 5.86. The number of carbonyl (C=O) groups excluding carboxylic acids is 2. The molecule has 1 aliphatic rings. The van der Waals surface area contributed by atoms with Gasteiger partial charge in [0.05, 0.1) is 25.9 Å². The Hall–Kier alpha value is -2.83. The summed E-state index contributed by atoms with van der Waals surface area (Å²) < 4.78 is 6.70. The van der Waals surface area contributed by atoms with E-state index in [1.165, 1.54) is 18.4 Å². The second-order valence-corrected chi connectivity index (χ2v) is 7.96. The number of methoxy groups -OCH3 is 1. The first-order chi connectivity index (χ1) is 14.0. The maximum Gasteiger partial charge on any atom is 0.407 e. The molecule has 7 heteroatoms. The fraction of sp³-hybridized carbons (Fsp3) is 0.500. The summed E-state index contributed by atoms with van der Waals surface area (Å²) in [5.74, 6) is 0.0798. The molecule has 156 valence electrons. The molecule has 0 saturated heterocycles. The third-order valence-electron chi connectivity index (χ3n) is 5.26. The van der Waals surface area contributed by atoms with Crippen molar-refractivity contribution >= 4 is 12.0 Å². The summed E-state index contributed by atoms with van der Waals surface area (Å²) in [6, 6.07) is 9.52. The van der Waals surface area contributed by atoms with Gasteiger partial charge in [0, 0.05) is 11.3 Å². The van der Waals surface area contributed by atoms with Gasteiger partial charge in [0.15, 0.2) is 0 Å². The van der Waals surface area contributed by atoms with Crippen molar-refractivity contribution in [2.45, 2.75) is 58.2 Å². The molecule has 2 aromatic rings. The van der Waals surface area contributed by atoms with E-state index < -0.39 is 12.1 Å². The molecule has 29 heavy (non-hydrogen) atoms. The van der Waals surface area contributed by atoms with Crippen LogP contribution in [0.1, 0.15) is 56.0 Å². The SMILES string of the molecule is COC(=O)NC(CC(C)C)C(=O)NC1CCCc2c1cnn2Cc1ccccc1. The number of aromatic nitrogens is 2. The fourth-order valence-electron chi connectivity index (χ4n) is 3.84. The molecule has 2 unspecified atom stereocenters. The van der Waals surface area contributed by atoms with E-state index in [0.29, 0.717) is 6.42 Å². The Balaban J connectivity index is 1.72. The number of nitrogens with zero attached hydrogens (tertiary/aromatic N) is 2. The first-order valence-electron chi connectivity index (χ1n) is 10.2. The molecule has 2 amide bonds.